The van der Waals surface area contributed by atoms with Crippen molar-refractivity contribution in [3.63, 3.8) is 0 Å². The maximum atomic E-state index is 12.8. The van der Waals surface area contributed by atoms with Gasteiger partial charge < -0.3 is 5.11 Å². The van der Waals surface area contributed by atoms with Crippen molar-refractivity contribution < 1.29 is 23.1 Å². The molecule has 0 spiro atoms. The van der Waals surface area contributed by atoms with E-state index in [4.69, 9.17) is 5.11 Å². The highest BCUT2D eigenvalue weighted by molar-refractivity contribution is 5.84. The van der Waals surface area contributed by atoms with Crippen molar-refractivity contribution in [2.45, 2.75) is 39.8 Å². The molecule has 2 aliphatic carbocycles. The van der Waals surface area contributed by atoms with Crippen molar-refractivity contribution in [2.24, 2.45) is 0 Å². The van der Waals surface area contributed by atoms with Crippen LogP contribution in [0, 0.1) is 13.8 Å². The number of aliphatic carboxylic acids is 1. The first-order valence-corrected chi connectivity index (χ1v) is 8.91. The summed E-state index contributed by atoms with van der Waals surface area (Å²) in [6, 6.07) is 8.32. The second kappa shape index (κ2) is 8.46. The van der Waals surface area contributed by atoms with Gasteiger partial charge in [0.1, 0.15) is 0 Å². The van der Waals surface area contributed by atoms with Gasteiger partial charge in [-0.05, 0) is 59.2 Å². The normalized spacial score (nSPS) is 13.4. The zero-order valence-corrected chi connectivity index (χ0v) is 16.3. The smallest absolute Gasteiger partial charge is 0.416 e. The van der Waals surface area contributed by atoms with Crippen molar-refractivity contribution in [3.05, 3.63) is 76.4 Å². The summed E-state index contributed by atoms with van der Waals surface area (Å²) in [5, 5.41) is 8.59. The molecule has 0 aliphatic heterocycles. The van der Waals surface area contributed by atoms with E-state index in [1.54, 1.807) is 6.08 Å². The van der Waals surface area contributed by atoms with Gasteiger partial charge >= 0.3 is 12.1 Å². The summed E-state index contributed by atoms with van der Waals surface area (Å²) in [6.45, 7) is 8.28. The van der Waals surface area contributed by atoms with Crippen LogP contribution in [0.15, 0.2) is 54.1 Å². The van der Waals surface area contributed by atoms with E-state index in [-0.39, 0.29) is 6.08 Å². The van der Waals surface area contributed by atoms with Crippen molar-refractivity contribution in [3.8, 4) is 11.1 Å². The maximum Gasteiger partial charge on any atom is 0.416 e. The number of hydrogen-bond acceptors (Lipinski definition) is 1. The minimum atomic E-state index is -4.72. The fourth-order valence-electron chi connectivity index (χ4n) is 3.05. The topological polar surface area (TPSA) is 37.3 Å². The molecule has 0 bridgehead atoms. The van der Waals surface area contributed by atoms with Crippen molar-refractivity contribution in [2.75, 3.05) is 0 Å². The third kappa shape index (κ3) is 5.12. The van der Waals surface area contributed by atoms with Gasteiger partial charge in [-0.15, -0.1) is 0 Å². The predicted molar refractivity (Wildman–Crippen MR) is 107 cm³/mol. The molecule has 0 aromatic rings. The Kier molecular flexibility index (Phi) is 6.49. The van der Waals surface area contributed by atoms with Gasteiger partial charge in [-0.3, -0.25) is 0 Å². The van der Waals surface area contributed by atoms with Crippen LogP contribution in [0.2, 0.25) is 0 Å². The predicted octanol–water partition coefficient (Wildman–Crippen LogP) is 6.67. The van der Waals surface area contributed by atoms with Crippen LogP contribution in [0.4, 0.5) is 13.2 Å². The molecule has 28 heavy (non-hydrogen) atoms. The number of hydrogen-bond donors (Lipinski definition) is 1. The minimum absolute atomic E-state index is 0.157. The molecule has 0 aromatic carbocycles. The zero-order chi connectivity index (χ0) is 21.1. The maximum absolute atomic E-state index is 12.8. The fourth-order valence-corrected chi connectivity index (χ4v) is 3.05. The Morgan fingerprint density at radius 1 is 1.07 bits per heavy atom. The van der Waals surface area contributed by atoms with Crippen LogP contribution in [0.1, 0.15) is 42.0 Å². The Morgan fingerprint density at radius 3 is 2.32 bits per heavy atom. The molecule has 0 fully saturated rings. The SMILES string of the molecule is Cc1cc(/C=C/C=C/C(=C\C(=O)O)C(F)(F)F)c2c(C)ccc(C(C)C)cc1-2. The van der Waals surface area contributed by atoms with E-state index in [9.17, 15) is 18.0 Å². The standard InChI is InChI=1S/C23H23F3O2/c1-14(2)17-10-9-15(3)22-18(11-16(4)20(22)12-17)7-5-6-8-19(13-21(27)28)23(24,25)26/h5-14H,1-4H3,(H,27,28)/b7-5+,8-6+,19-13+. The van der Waals surface area contributed by atoms with Gasteiger partial charge in [-0.2, -0.15) is 13.2 Å². The van der Waals surface area contributed by atoms with Crippen LogP contribution in [-0.4, -0.2) is 17.3 Å². The van der Waals surface area contributed by atoms with Crippen LogP contribution in [0.3, 0.4) is 0 Å². The van der Waals surface area contributed by atoms with E-state index < -0.39 is 17.7 Å². The first-order valence-electron chi connectivity index (χ1n) is 8.91. The number of alkyl halides is 3. The molecule has 0 saturated heterocycles. The van der Waals surface area contributed by atoms with Gasteiger partial charge in [0.25, 0.3) is 0 Å². The largest absolute Gasteiger partial charge is 0.478 e. The van der Waals surface area contributed by atoms with Gasteiger partial charge in [0.15, 0.2) is 0 Å². The van der Waals surface area contributed by atoms with Crippen LogP contribution in [0.25, 0.3) is 17.2 Å². The molecular weight excluding hydrogens is 365 g/mol. The molecular formula is C23H23F3O2. The number of carbonyl (C=O) groups is 1. The highest BCUT2D eigenvalue weighted by Gasteiger charge is 2.32. The molecule has 1 N–H and O–H groups in total. The number of carboxylic acid groups (broad SMARTS) is 1. The lowest BCUT2D eigenvalue weighted by atomic mass is 10.0. The van der Waals surface area contributed by atoms with Crippen molar-refractivity contribution >= 4 is 12.0 Å². The molecule has 2 nitrogen and oxygen atoms in total. The number of carboxylic acids is 1. The second-order valence-electron chi connectivity index (χ2n) is 7.04. The molecule has 2 rings (SSSR count). The van der Waals surface area contributed by atoms with Crippen molar-refractivity contribution in [1.29, 1.82) is 0 Å². The Balaban J connectivity index is 2.39. The summed E-state index contributed by atoms with van der Waals surface area (Å²) >= 11 is 0. The Hall–Kier alpha value is -2.82. The van der Waals surface area contributed by atoms with Gasteiger partial charge in [0.05, 0.1) is 5.57 Å². The molecule has 0 saturated carbocycles. The molecule has 0 atom stereocenters. The summed E-state index contributed by atoms with van der Waals surface area (Å²) in [6.07, 6.45) is 0.628. The Bertz CT molecular complexity index is 932. The van der Waals surface area contributed by atoms with Crippen molar-refractivity contribution in [1.82, 2.24) is 0 Å². The monoisotopic (exact) mass is 388 g/mol. The molecule has 148 valence electrons. The highest BCUT2D eigenvalue weighted by Crippen LogP contribution is 2.36. The summed E-state index contributed by atoms with van der Waals surface area (Å²) in [7, 11) is 0. The summed E-state index contributed by atoms with van der Waals surface area (Å²) < 4.78 is 38.5. The number of halogens is 3. The molecule has 0 amide bonds. The van der Waals surface area contributed by atoms with E-state index in [1.807, 2.05) is 19.9 Å². The zero-order valence-electron chi connectivity index (χ0n) is 16.3. The van der Waals surface area contributed by atoms with E-state index in [0.717, 1.165) is 33.9 Å². The minimum Gasteiger partial charge on any atom is -0.478 e. The quantitative estimate of drug-likeness (QED) is 0.458. The van der Waals surface area contributed by atoms with E-state index in [2.05, 4.69) is 32.0 Å². The third-order valence-electron chi connectivity index (χ3n) is 4.52. The van der Waals surface area contributed by atoms with Gasteiger partial charge in [0, 0.05) is 6.08 Å². The number of aryl methyl sites for hydroxylation is 2. The number of allylic oxidation sites excluding steroid dienone is 4. The molecule has 2 aliphatic rings. The lowest BCUT2D eigenvalue weighted by Crippen LogP contribution is -2.11. The molecule has 5 heteroatoms. The fraction of sp³-hybridized carbons (Fsp3) is 0.261. The van der Waals surface area contributed by atoms with Crippen LogP contribution >= 0.6 is 0 Å². The first-order chi connectivity index (χ1) is 13.0. The van der Waals surface area contributed by atoms with Gasteiger partial charge in [-0.1, -0.05) is 56.3 Å². The van der Waals surface area contributed by atoms with Crippen LogP contribution in [-0.2, 0) is 4.79 Å². The second-order valence-corrected chi connectivity index (χ2v) is 7.04. The summed E-state index contributed by atoms with van der Waals surface area (Å²) in [4.78, 5) is 10.6. The molecule has 0 heterocycles. The lowest BCUT2D eigenvalue weighted by molar-refractivity contribution is -0.132. The van der Waals surface area contributed by atoms with Crippen LogP contribution < -0.4 is 0 Å². The van der Waals surface area contributed by atoms with E-state index in [0.29, 0.717) is 5.92 Å². The summed E-state index contributed by atoms with van der Waals surface area (Å²) in [5.41, 5.74) is 5.29. The van der Waals surface area contributed by atoms with E-state index >= 15 is 0 Å². The molecule has 0 radical (unpaired) electrons. The van der Waals surface area contributed by atoms with Gasteiger partial charge in [0.2, 0.25) is 0 Å². The Morgan fingerprint density at radius 2 is 1.75 bits per heavy atom. The molecule has 0 unspecified atom stereocenters. The number of fused-ring (bicyclic) bond motifs is 1. The van der Waals surface area contributed by atoms with E-state index in [1.165, 1.54) is 17.7 Å². The summed E-state index contributed by atoms with van der Waals surface area (Å²) in [5.74, 6) is -1.25. The lowest BCUT2D eigenvalue weighted by Gasteiger charge is -2.05. The average molecular weight is 388 g/mol. The third-order valence-corrected chi connectivity index (χ3v) is 4.52. The van der Waals surface area contributed by atoms with Crippen LogP contribution in [0.5, 0.6) is 0 Å². The Labute approximate surface area is 163 Å². The van der Waals surface area contributed by atoms with Gasteiger partial charge in [-0.25, -0.2) is 4.79 Å². The molecule has 0 aromatic heterocycles. The highest BCUT2D eigenvalue weighted by atomic mass is 19.4. The number of rotatable bonds is 5. The first kappa shape index (κ1) is 21.5. The average Bonchev–Trinajstić information content (AvgIpc) is 2.76.